The van der Waals surface area contributed by atoms with E-state index in [9.17, 15) is 4.79 Å². The van der Waals surface area contributed by atoms with Crippen molar-refractivity contribution >= 4 is 23.3 Å². The zero-order chi connectivity index (χ0) is 15.0. The van der Waals surface area contributed by atoms with Crippen LogP contribution in [0.15, 0.2) is 12.1 Å². The molecule has 1 aromatic rings. The molecule has 7 heteroatoms. The molecule has 1 rings (SSSR count). The average Bonchev–Trinajstić information content (AvgIpc) is 2.42. The van der Waals surface area contributed by atoms with Crippen molar-refractivity contribution in [3.05, 3.63) is 22.8 Å². The number of nitrogens with zero attached hydrogens (tertiary/aromatic N) is 1. The first kappa shape index (κ1) is 16.7. The lowest BCUT2D eigenvalue weighted by Crippen LogP contribution is -2.35. The number of amides is 1. The monoisotopic (exact) mass is 301 g/mol. The van der Waals surface area contributed by atoms with E-state index in [1.54, 1.807) is 20.3 Å². The summed E-state index contributed by atoms with van der Waals surface area (Å²) in [5, 5.41) is 6.06. The van der Waals surface area contributed by atoms with E-state index in [0.29, 0.717) is 31.1 Å². The number of ether oxygens (including phenoxy) is 2. The fourth-order valence-electron chi connectivity index (χ4n) is 1.60. The molecular weight excluding hydrogens is 282 g/mol. The van der Waals surface area contributed by atoms with Crippen LogP contribution in [0, 0.1) is 0 Å². The first-order valence-corrected chi connectivity index (χ1v) is 6.69. The second-order valence-corrected chi connectivity index (χ2v) is 4.50. The first-order chi connectivity index (χ1) is 9.60. The minimum Gasteiger partial charge on any atom is -0.382 e. The molecule has 0 saturated heterocycles. The normalized spacial score (nSPS) is 12.0. The highest BCUT2D eigenvalue weighted by molar-refractivity contribution is 6.29. The number of carbonyl (C=O) groups excluding carboxylic acids is 1. The standard InChI is InChI=1S/C13H20ClN3O3/c1-4-15-12-6-9(5-11(14)17-12)13(18)16-7-10(20-3)8-19-2/h5-6,10H,4,7-8H2,1-3H3,(H,15,17)(H,16,18). The van der Waals surface area contributed by atoms with Crippen LogP contribution in [0.4, 0.5) is 5.82 Å². The van der Waals surface area contributed by atoms with Crippen molar-refractivity contribution < 1.29 is 14.3 Å². The molecule has 6 nitrogen and oxygen atoms in total. The van der Waals surface area contributed by atoms with Crippen LogP contribution < -0.4 is 10.6 Å². The summed E-state index contributed by atoms with van der Waals surface area (Å²) >= 11 is 5.89. The molecule has 1 amide bonds. The van der Waals surface area contributed by atoms with Gasteiger partial charge in [0.25, 0.3) is 5.91 Å². The number of hydrogen-bond donors (Lipinski definition) is 2. The Balaban J connectivity index is 2.67. The summed E-state index contributed by atoms with van der Waals surface area (Å²) in [5.41, 5.74) is 0.452. The SMILES string of the molecule is CCNc1cc(C(=O)NCC(COC)OC)cc(Cl)n1. The van der Waals surface area contributed by atoms with Crippen LogP contribution in [-0.2, 0) is 9.47 Å². The molecule has 0 aromatic carbocycles. The van der Waals surface area contributed by atoms with Gasteiger partial charge in [0, 0.05) is 32.9 Å². The van der Waals surface area contributed by atoms with Crippen molar-refractivity contribution in [3.8, 4) is 0 Å². The van der Waals surface area contributed by atoms with Crippen molar-refractivity contribution in [2.24, 2.45) is 0 Å². The smallest absolute Gasteiger partial charge is 0.251 e. The van der Waals surface area contributed by atoms with Crippen LogP contribution >= 0.6 is 11.6 Å². The average molecular weight is 302 g/mol. The molecule has 0 aliphatic heterocycles. The van der Waals surface area contributed by atoms with Gasteiger partial charge in [0.15, 0.2) is 0 Å². The molecule has 0 fully saturated rings. The molecule has 0 bridgehead atoms. The zero-order valence-corrected chi connectivity index (χ0v) is 12.7. The highest BCUT2D eigenvalue weighted by Gasteiger charge is 2.12. The van der Waals surface area contributed by atoms with E-state index in [0.717, 1.165) is 0 Å². The van der Waals surface area contributed by atoms with Crippen molar-refractivity contribution in [2.45, 2.75) is 13.0 Å². The zero-order valence-electron chi connectivity index (χ0n) is 11.9. The summed E-state index contributed by atoms with van der Waals surface area (Å²) in [7, 11) is 3.15. The number of anilines is 1. The molecule has 1 atom stereocenters. The maximum absolute atomic E-state index is 12.1. The Kier molecular flexibility index (Phi) is 7.28. The van der Waals surface area contributed by atoms with Crippen LogP contribution in [0.25, 0.3) is 0 Å². The Hall–Kier alpha value is -1.37. The van der Waals surface area contributed by atoms with Gasteiger partial charge in [-0.25, -0.2) is 4.98 Å². The number of halogens is 1. The molecule has 1 unspecified atom stereocenters. The van der Waals surface area contributed by atoms with Crippen molar-refractivity contribution in [3.63, 3.8) is 0 Å². The van der Waals surface area contributed by atoms with Gasteiger partial charge in [-0.3, -0.25) is 4.79 Å². The molecule has 1 aromatic heterocycles. The third-order valence-electron chi connectivity index (χ3n) is 2.59. The second-order valence-electron chi connectivity index (χ2n) is 4.12. The first-order valence-electron chi connectivity index (χ1n) is 6.32. The number of hydrogen-bond acceptors (Lipinski definition) is 5. The summed E-state index contributed by atoms with van der Waals surface area (Å²) in [6, 6.07) is 3.18. The van der Waals surface area contributed by atoms with Gasteiger partial charge in [0.05, 0.1) is 12.7 Å². The maximum Gasteiger partial charge on any atom is 0.251 e. The Bertz CT molecular complexity index is 443. The molecule has 0 aliphatic carbocycles. The predicted octanol–water partition coefficient (Wildman–Crippen LogP) is 1.56. The van der Waals surface area contributed by atoms with Gasteiger partial charge in [0.1, 0.15) is 11.0 Å². The summed E-state index contributed by atoms with van der Waals surface area (Å²) in [4.78, 5) is 16.1. The summed E-state index contributed by atoms with van der Waals surface area (Å²) < 4.78 is 10.2. The fraction of sp³-hybridized carbons (Fsp3) is 0.538. The van der Waals surface area contributed by atoms with E-state index in [1.165, 1.54) is 6.07 Å². The number of rotatable bonds is 8. The minimum absolute atomic E-state index is 0.186. The van der Waals surface area contributed by atoms with Gasteiger partial charge in [-0.05, 0) is 19.1 Å². The van der Waals surface area contributed by atoms with E-state index < -0.39 is 0 Å². The van der Waals surface area contributed by atoms with E-state index in [2.05, 4.69) is 15.6 Å². The third-order valence-corrected chi connectivity index (χ3v) is 2.78. The van der Waals surface area contributed by atoms with Crippen molar-refractivity contribution in [2.75, 3.05) is 39.2 Å². The van der Waals surface area contributed by atoms with Gasteiger partial charge in [0.2, 0.25) is 0 Å². The predicted molar refractivity (Wildman–Crippen MR) is 78.4 cm³/mol. The van der Waals surface area contributed by atoms with Gasteiger partial charge in [-0.15, -0.1) is 0 Å². The van der Waals surface area contributed by atoms with Gasteiger partial charge in [-0.2, -0.15) is 0 Å². The van der Waals surface area contributed by atoms with E-state index in [1.807, 2.05) is 6.92 Å². The second kappa shape index (κ2) is 8.73. The van der Waals surface area contributed by atoms with E-state index >= 15 is 0 Å². The molecule has 0 radical (unpaired) electrons. The van der Waals surface area contributed by atoms with Gasteiger partial charge >= 0.3 is 0 Å². The minimum atomic E-state index is -0.230. The van der Waals surface area contributed by atoms with Crippen LogP contribution in [-0.4, -0.2) is 50.9 Å². The summed E-state index contributed by atoms with van der Waals surface area (Å²) in [5.74, 6) is 0.344. The van der Waals surface area contributed by atoms with Crippen LogP contribution in [0.3, 0.4) is 0 Å². The lowest BCUT2D eigenvalue weighted by atomic mass is 10.2. The Morgan fingerprint density at radius 2 is 2.20 bits per heavy atom. The molecule has 0 spiro atoms. The lowest BCUT2D eigenvalue weighted by molar-refractivity contribution is 0.0285. The fourth-order valence-corrected chi connectivity index (χ4v) is 1.81. The van der Waals surface area contributed by atoms with E-state index in [4.69, 9.17) is 21.1 Å². The lowest BCUT2D eigenvalue weighted by Gasteiger charge is -2.15. The van der Waals surface area contributed by atoms with Crippen LogP contribution in [0.2, 0.25) is 5.15 Å². The molecular formula is C13H20ClN3O3. The topological polar surface area (TPSA) is 72.5 Å². The van der Waals surface area contributed by atoms with Crippen LogP contribution in [0.5, 0.6) is 0 Å². The van der Waals surface area contributed by atoms with Gasteiger partial charge in [-0.1, -0.05) is 11.6 Å². The largest absolute Gasteiger partial charge is 0.382 e. The molecule has 20 heavy (non-hydrogen) atoms. The highest BCUT2D eigenvalue weighted by atomic mass is 35.5. The highest BCUT2D eigenvalue weighted by Crippen LogP contribution is 2.14. The molecule has 0 saturated carbocycles. The number of methoxy groups -OCH3 is 2. The maximum atomic E-state index is 12.1. The molecule has 112 valence electrons. The number of aromatic nitrogens is 1. The van der Waals surface area contributed by atoms with Crippen molar-refractivity contribution in [1.29, 1.82) is 0 Å². The Labute approximate surface area is 123 Å². The number of nitrogens with one attached hydrogen (secondary N) is 2. The molecule has 0 aliphatic rings. The number of pyridine rings is 1. The van der Waals surface area contributed by atoms with E-state index in [-0.39, 0.29) is 17.2 Å². The number of carbonyl (C=O) groups is 1. The van der Waals surface area contributed by atoms with Crippen LogP contribution in [0.1, 0.15) is 17.3 Å². The van der Waals surface area contributed by atoms with Crippen molar-refractivity contribution in [1.82, 2.24) is 10.3 Å². The Morgan fingerprint density at radius 1 is 1.45 bits per heavy atom. The van der Waals surface area contributed by atoms with Gasteiger partial charge < -0.3 is 20.1 Å². The summed E-state index contributed by atoms with van der Waals surface area (Å²) in [6.45, 7) is 3.42. The third kappa shape index (κ3) is 5.32. The quantitative estimate of drug-likeness (QED) is 0.713. The molecule has 1 heterocycles. The molecule has 2 N–H and O–H groups in total. The Morgan fingerprint density at radius 3 is 2.80 bits per heavy atom. The summed E-state index contributed by atoms with van der Waals surface area (Å²) in [6.07, 6.45) is -0.186.